The first-order chi connectivity index (χ1) is 11.7. The van der Waals surface area contributed by atoms with Crippen LogP contribution in [0.1, 0.15) is 5.69 Å². The van der Waals surface area contributed by atoms with E-state index in [0.717, 1.165) is 35.4 Å². The van der Waals surface area contributed by atoms with Gasteiger partial charge in [-0.1, -0.05) is 6.07 Å². The molecular formula is C18H24Cl2N4O3. The van der Waals surface area contributed by atoms with Crippen molar-refractivity contribution in [2.24, 2.45) is 0 Å². The summed E-state index contributed by atoms with van der Waals surface area (Å²) in [6, 6.07) is 9.73. The molecule has 0 unspecified atom stereocenters. The lowest BCUT2D eigenvalue weighted by Gasteiger charge is -2.20. The molecule has 0 aliphatic carbocycles. The molecule has 3 rings (SSSR count). The van der Waals surface area contributed by atoms with Crippen LogP contribution in [0.2, 0.25) is 0 Å². The molecule has 148 valence electrons. The second kappa shape index (κ2) is 11.4. The first kappa shape index (κ1) is 24.7. The highest BCUT2D eigenvalue weighted by molar-refractivity contribution is 5.91. The number of ether oxygens (including phenoxy) is 2. The second-order valence-electron chi connectivity index (χ2n) is 5.41. The van der Waals surface area contributed by atoms with Crippen molar-refractivity contribution >= 4 is 41.5 Å². The lowest BCUT2D eigenvalue weighted by molar-refractivity contribution is 0.356. The molecule has 7 nitrogen and oxygen atoms in total. The summed E-state index contributed by atoms with van der Waals surface area (Å²) in [4.78, 5) is 15.3. The zero-order valence-corrected chi connectivity index (χ0v) is 17.0. The highest BCUT2D eigenvalue weighted by Crippen LogP contribution is 2.34. The van der Waals surface area contributed by atoms with Crippen molar-refractivity contribution in [3.05, 3.63) is 48.5 Å². The highest BCUT2D eigenvalue weighted by Gasteiger charge is 2.13. The Bertz CT molecular complexity index is 837. The van der Waals surface area contributed by atoms with E-state index >= 15 is 0 Å². The molecule has 1 aromatic carbocycles. The molecule has 0 fully saturated rings. The van der Waals surface area contributed by atoms with Gasteiger partial charge in [0, 0.05) is 43.4 Å². The zero-order chi connectivity index (χ0) is 16.9. The predicted molar refractivity (Wildman–Crippen MR) is 112 cm³/mol. The Morgan fingerprint density at radius 3 is 2.30 bits per heavy atom. The van der Waals surface area contributed by atoms with Crippen LogP contribution in [0.15, 0.2) is 42.9 Å². The van der Waals surface area contributed by atoms with Gasteiger partial charge in [-0.25, -0.2) is 9.97 Å². The molecule has 0 radical (unpaired) electrons. The molecule has 0 spiro atoms. The van der Waals surface area contributed by atoms with Gasteiger partial charge in [-0.05, 0) is 18.2 Å². The Balaban J connectivity index is 0.00000225. The van der Waals surface area contributed by atoms with Gasteiger partial charge in [0.2, 0.25) is 0 Å². The quantitative estimate of drug-likeness (QED) is 0.615. The summed E-state index contributed by atoms with van der Waals surface area (Å²) >= 11 is 0. The van der Waals surface area contributed by atoms with Crippen molar-refractivity contribution < 1.29 is 14.9 Å². The third kappa shape index (κ3) is 5.56. The van der Waals surface area contributed by atoms with Crippen molar-refractivity contribution in [2.45, 2.75) is 6.42 Å². The lowest BCUT2D eigenvalue weighted by atomic mass is 10.2. The molecule has 9 heteroatoms. The molecule has 0 saturated heterocycles. The number of rotatable bonds is 6. The zero-order valence-electron chi connectivity index (χ0n) is 15.4. The minimum Gasteiger partial charge on any atom is -0.493 e. The number of hydrogen-bond acceptors (Lipinski definition) is 6. The molecule has 0 saturated carbocycles. The van der Waals surface area contributed by atoms with E-state index in [1.54, 1.807) is 20.5 Å². The smallest absolute Gasteiger partial charge is 0.162 e. The fourth-order valence-electron chi connectivity index (χ4n) is 2.61. The number of hydrogen-bond donors (Lipinski definition) is 0. The van der Waals surface area contributed by atoms with Gasteiger partial charge in [-0.15, -0.1) is 24.8 Å². The highest BCUT2D eigenvalue weighted by atomic mass is 35.5. The fraction of sp³-hybridized carbons (Fsp3) is 0.278. The molecule has 2 aromatic heterocycles. The monoisotopic (exact) mass is 414 g/mol. The van der Waals surface area contributed by atoms with E-state index < -0.39 is 0 Å². The molecule has 27 heavy (non-hydrogen) atoms. The Kier molecular flexibility index (Phi) is 10.4. The van der Waals surface area contributed by atoms with E-state index in [-0.39, 0.29) is 30.3 Å². The predicted octanol–water partition coefficient (Wildman–Crippen LogP) is 2.74. The van der Waals surface area contributed by atoms with Crippen molar-refractivity contribution in [3.8, 4) is 11.5 Å². The van der Waals surface area contributed by atoms with Crippen LogP contribution >= 0.6 is 24.8 Å². The van der Waals surface area contributed by atoms with E-state index in [9.17, 15) is 0 Å². The summed E-state index contributed by atoms with van der Waals surface area (Å²) in [7, 11) is 5.25. The number of pyridine rings is 1. The van der Waals surface area contributed by atoms with Gasteiger partial charge in [-0.2, -0.15) is 0 Å². The summed E-state index contributed by atoms with van der Waals surface area (Å²) < 4.78 is 10.7. The van der Waals surface area contributed by atoms with E-state index in [1.165, 1.54) is 0 Å². The third-order valence-electron chi connectivity index (χ3n) is 3.91. The third-order valence-corrected chi connectivity index (χ3v) is 3.91. The van der Waals surface area contributed by atoms with Crippen LogP contribution in [0.5, 0.6) is 11.5 Å². The SMILES string of the molecule is COc1cc2ncnc(N(C)CCc3ccccn3)c2cc1OC.Cl.Cl.O. The van der Waals surface area contributed by atoms with Gasteiger partial charge < -0.3 is 19.8 Å². The van der Waals surface area contributed by atoms with Crippen LogP contribution in [0.4, 0.5) is 5.82 Å². The van der Waals surface area contributed by atoms with Crippen molar-refractivity contribution in [1.29, 1.82) is 0 Å². The number of anilines is 1. The maximum atomic E-state index is 5.40. The number of halogens is 2. The molecule has 0 aliphatic heterocycles. The van der Waals surface area contributed by atoms with Crippen LogP contribution in [0, 0.1) is 0 Å². The Hall–Kier alpha value is -2.35. The molecule has 0 amide bonds. The standard InChI is InChI=1S/C18H20N4O2.2ClH.H2O/c1-22(9-7-13-6-4-5-8-19-13)18-14-10-16(23-2)17(24-3)11-15(14)20-12-21-18;;;/h4-6,8,10-12H,7,9H2,1-3H3;2*1H;1H2. The number of fused-ring (bicyclic) bond motifs is 1. The summed E-state index contributed by atoms with van der Waals surface area (Å²) in [6.45, 7) is 0.803. The number of methoxy groups -OCH3 is 2. The van der Waals surface area contributed by atoms with Crippen molar-refractivity contribution in [2.75, 3.05) is 32.7 Å². The average Bonchev–Trinajstić information content (AvgIpc) is 2.65. The van der Waals surface area contributed by atoms with E-state index in [0.29, 0.717) is 11.5 Å². The van der Waals surface area contributed by atoms with Crippen molar-refractivity contribution in [1.82, 2.24) is 15.0 Å². The number of nitrogens with zero attached hydrogens (tertiary/aromatic N) is 4. The first-order valence-corrected chi connectivity index (χ1v) is 7.70. The van der Waals surface area contributed by atoms with Gasteiger partial charge in [0.25, 0.3) is 0 Å². The average molecular weight is 415 g/mol. The Morgan fingerprint density at radius 2 is 1.67 bits per heavy atom. The maximum absolute atomic E-state index is 5.40. The van der Waals surface area contributed by atoms with Gasteiger partial charge in [0.05, 0.1) is 19.7 Å². The van der Waals surface area contributed by atoms with Crippen LogP contribution in [0.25, 0.3) is 10.9 Å². The van der Waals surface area contributed by atoms with E-state index in [2.05, 4.69) is 19.9 Å². The summed E-state index contributed by atoms with van der Waals surface area (Å²) in [5.41, 5.74) is 1.88. The lowest BCUT2D eigenvalue weighted by Crippen LogP contribution is -2.22. The van der Waals surface area contributed by atoms with Crippen LogP contribution in [0.3, 0.4) is 0 Å². The Labute approximate surface area is 170 Å². The molecule has 2 N–H and O–H groups in total. The van der Waals surface area contributed by atoms with E-state index in [4.69, 9.17) is 9.47 Å². The molecule has 3 aromatic rings. The molecular weight excluding hydrogens is 391 g/mol. The minimum atomic E-state index is 0. The number of benzene rings is 1. The summed E-state index contributed by atoms with van der Waals surface area (Å²) in [6.07, 6.45) is 4.23. The minimum absolute atomic E-state index is 0. The van der Waals surface area contributed by atoms with Crippen LogP contribution in [-0.4, -0.2) is 48.2 Å². The van der Waals surface area contributed by atoms with Crippen LogP contribution < -0.4 is 14.4 Å². The van der Waals surface area contributed by atoms with Gasteiger partial charge in [0.15, 0.2) is 11.5 Å². The Morgan fingerprint density at radius 1 is 0.963 bits per heavy atom. The largest absolute Gasteiger partial charge is 0.493 e. The van der Waals surface area contributed by atoms with Crippen LogP contribution in [-0.2, 0) is 6.42 Å². The van der Waals surface area contributed by atoms with Gasteiger partial charge in [0.1, 0.15) is 12.1 Å². The van der Waals surface area contributed by atoms with E-state index in [1.807, 2.05) is 43.6 Å². The number of aromatic nitrogens is 3. The summed E-state index contributed by atoms with van der Waals surface area (Å²) in [5.74, 6) is 2.18. The first-order valence-electron chi connectivity index (χ1n) is 7.70. The summed E-state index contributed by atoms with van der Waals surface area (Å²) in [5, 5.41) is 0.929. The maximum Gasteiger partial charge on any atom is 0.162 e. The van der Waals surface area contributed by atoms with Gasteiger partial charge in [-0.3, -0.25) is 4.98 Å². The topological polar surface area (TPSA) is 91.9 Å². The molecule has 0 bridgehead atoms. The van der Waals surface area contributed by atoms with Gasteiger partial charge >= 0.3 is 0 Å². The second-order valence-corrected chi connectivity index (χ2v) is 5.41. The number of likely N-dealkylation sites (N-methyl/N-ethyl adjacent to an activating group) is 1. The fourth-order valence-corrected chi connectivity index (χ4v) is 2.61. The molecule has 0 aliphatic rings. The normalized spacial score (nSPS) is 9.44. The van der Waals surface area contributed by atoms with Crippen molar-refractivity contribution in [3.63, 3.8) is 0 Å². The molecule has 0 atom stereocenters. The molecule has 2 heterocycles.